The number of rotatable bonds is 4. The Morgan fingerprint density at radius 3 is 2.75 bits per heavy atom. The Hall–Kier alpha value is -1.75. The second-order valence-electron chi connectivity index (χ2n) is 4.95. The summed E-state index contributed by atoms with van der Waals surface area (Å²) in [7, 11) is 1.84. The van der Waals surface area contributed by atoms with Crippen LogP contribution in [0, 0.1) is 0 Å². The van der Waals surface area contributed by atoms with Gasteiger partial charge in [0.2, 0.25) is 0 Å². The molecule has 2 rings (SSSR count). The Kier molecular flexibility index (Phi) is 4.84. The first-order chi connectivity index (χ1) is 9.63. The summed E-state index contributed by atoms with van der Waals surface area (Å²) in [6.07, 6.45) is 1.77. The average Bonchev–Trinajstić information content (AvgIpc) is 2.49. The summed E-state index contributed by atoms with van der Waals surface area (Å²) in [5, 5.41) is 0. The molecule has 1 amide bonds. The molecule has 1 fully saturated rings. The standard InChI is InChI=1S/C15H22N2O3/c1-3-20-14-5-4-11(10-13(14)16)15(18)17(2)12-6-8-19-9-7-12/h4-5,10,12H,3,6-9,16H2,1-2H3. The van der Waals surface area contributed by atoms with Gasteiger partial charge in [0, 0.05) is 31.9 Å². The van der Waals surface area contributed by atoms with Crippen molar-refractivity contribution in [3.05, 3.63) is 23.8 Å². The largest absolute Gasteiger partial charge is 0.492 e. The Bertz CT molecular complexity index is 470. The zero-order chi connectivity index (χ0) is 14.5. The monoisotopic (exact) mass is 278 g/mol. The van der Waals surface area contributed by atoms with Crippen molar-refractivity contribution >= 4 is 11.6 Å². The fraction of sp³-hybridized carbons (Fsp3) is 0.533. The van der Waals surface area contributed by atoms with E-state index in [4.69, 9.17) is 15.2 Å². The van der Waals surface area contributed by atoms with Crippen LogP contribution in [0.2, 0.25) is 0 Å². The van der Waals surface area contributed by atoms with Crippen LogP contribution in [0.4, 0.5) is 5.69 Å². The Morgan fingerprint density at radius 2 is 2.15 bits per heavy atom. The number of ether oxygens (including phenoxy) is 2. The van der Waals surface area contributed by atoms with E-state index in [1.807, 2.05) is 14.0 Å². The average molecular weight is 278 g/mol. The second-order valence-corrected chi connectivity index (χ2v) is 4.95. The van der Waals surface area contributed by atoms with Gasteiger partial charge < -0.3 is 20.1 Å². The van der Waals surface area contributed by atoms with E-state index in [0.29, 0.717) is 36.8 Å². The van der Waals surface area contributed by atoms with Crippen molar-refractivity contribution in [3.8, 4) is 5.75 Å². The van der Waals surface area contributed by atoms with Crippen LogP contribution < -0.4 is 10.5 Å². The minimum atomic E-state index is -0.00773. The van der Waals surface area contributed by atoms with Gasteiger partial charge in [-0.15, -0.1) is 0 Å². The van der Waals surface area contributed by atoms with Crippen molar-refractivity contribution < 1.29 is 14.3 Å². The smallest absolute Gasteiger partial charge is 0.253 e. The van der Waals surface area contributed by atoms with Gasteiger partial charge in [0.05, 0.1) is 12.3 Å². The van der Waals surface area contributed by atoms with E-state index in [1.54, 1.807) is 23.1 Å². The highest BCUT2D eigenvalue weighted by Crippen LogP contribution is 2.24. The van der Waals surface area contributed by atoms with E-state index in [9.17, 15) is 4.79 Å². The first-order valence-corrected chi connectivity index (χ1v) is 7.00. The van der Waals surface area contributed by atoms with Crippen LogP contribution in [0.25, 0.3) is 0 Å². The molecule has 20 heavy (non-hydrogen) atoms. The summed E-state index contributed by atoms with van der Waals surface area (Å²) < 4.78 is 10.7. The highest BCUT2D eigenvalue weighted by atomic mass is 16.5. The van der Waals surface area contributed by atoms with E-state index >= 15 is 0 Å². The molecule has 1 heterocycles. The Balaban J connectivity index is 2.09. The lowest BCUT2D eigenvalue weighted by Crippen LogP contribution is -2.40. The van der Waals surface area contributed by atoms with Gasteiger partial charge in [0.1, 0.15) is 5.75 Å². The zero-order valence-corrected chi connectivity index (χ0v) is 12.1. The third kappa shape index (κ3) is 3.22. The molecule has 0 aliphatic carbocycles. The SMILES string of the molecule is CCOc1ccc(C(=O)N(C)C2CCOCC2)cc1N. The van der Waals surface area contributed by atoms with Gasteiger partial charge in [-0.2, -0.15) is 0 Å². The highest BCUT2D eigenvalue weighted by molar-refractivity contribution is 5.95. The maximum absolute atomic E-state index is 12.5. The quantitative estimate of drug-likeness (QED) is 0.855. The molecule has 1 aromatic rings. The molecule has 5 nitrogen and oxygen atoms in total. The van der Waals surface area contributed by atoms with Crippen LogP contribution in [0.3, 0.4) is 0 Å². The number of carbonyl (C=O) groups is 1. The predicted molar refractivity (Wildman–Crippen MR) is 78.0 cm³/mol. The molecule has 1 aliphatic rings. The van der Waals surface area contributed by atoms with Gasteiger partial charge in [0.25, 0.3) is 5.91 Å². The van der Waals surface area contributed by atoms with Crippen LogP contribution >= 0.6 is 0 Å². The molecule has 1 saturated heterocycles. The molecule has 0 unspecified atom stereocenters. The van der Waals surface area contributed by atoms with E-state index in [0.717, 1.165) is 12.8 Å². The first kappa shape index (κ1) is 14.7. The topological polar surface area (TPSA) is 64.8 Å². The molecule has 0 saturated carbocycles. The number of hydrogen-bond acceptors (Lipinski definition) is 4. The number of benzene rings is 1. The first-order valence-electron chi connectivity index (χ1n) is 7.00. The van der Waals surface area contributed by atoms with E-state index in [-0.39, 0.29) is 11.9 Å². The van der Waals surface area contributed by atoms with Crippen molar-refractivity contribution in [1.29, 1.82) is 0 Å². The number of amides is 1. The van der Waals surface area contributed by atoms with Gasteiger partial charge in [-0.1, -0.05) is 0 Å². The van der Waals surface area contributed by atoms with Crippen molar-refractivity contribution in [2.75, 3.05) is 32.6 Å². The van der Waals surface area contributed by atoms with Crippen LogP contribution in [0.1, 0.15) is 30.1 Å². The molecule has 0 spiro atoms. The van der Waals surface area contributed by atoms with Crippen molar-refractivity contribution in [1.82, 2.24) is 4.90 Å². The number of nitrogens with zero attached hydrogens (tertiary/aromatic N) is 1. The number of carbonyl (C=O) groups excluding carboxylic acids is 1. The van der Waals surface area contributed by atoms with Crippen LogP contribution in [-0.4, -0.2) is 43.7 Å². The number of hydrogen-bond donors (Lipinski definition) is 1. The fourth-order valence-electron chi connectivity index (χ4n) is 2.41. The summed E-state index contributed by atoms with van der Waals surface area (Å²) in [5.41, 5.74) is 7.00. The lowest BCUT2D eigenvalue weighted by molar-refractivity contribution is 0.0362. The molecule has 0 bridgehead atoms. The molecular weight excluding hydrogens is 256 g/mol. The molecule has 0 atom stereocenters. The predicted octanol–water partition coefficient (Wildman–Crippen LogP) is 1.92. The van der Waals surface area contributed by atoms with Gasteiger partial charge in [-0.05, 0) is 38.0 Å². The van der Waals surface area contributed by atoms with E-state index in [2.05, 4.69) is 0 Å². The maximum atomic E-state index is 12.5. The molecular formula is C15H22N2O3. The summed E-state index contributed by atoms with van der Waals surface area (Å²) in [5.74, 6) is 0.615. The van der Waals surface area contributed by atoms with Gasteiger partial charge >= 0.3 is 0 Å². The lowest BCUT2D eigenvalue weighted by atomic mass is 10.1. The molecule has 1 aromatic carbocycles. The molecule has 0 aromatic heterocycles. The molecule has 2 N–H and O–H groups in total. The van der Waals surface area contributed by atoms with Gasteiger partial charge in [0.15, 0.2) is 0 Å². The molecule has 1 aliphatic heterocycles. The van der Waals surface area contributed by atoms with Crippen molar-refractivity contribution in [2.45, 2.75) is 25.8 Å². The third-order valence-corrected chi connectivity index (χ3v) is 3.62. The Labute approximate surface area is 119 Å². The fourth-order valence-corrected chi connectivity index (χ4v) is 2.41. The second kappa shape index (κ2) is 6.61. The summed E-state index contributed by atoms with van der Waals surface area (Å²) in [6, 6.07) is 5.44. The Morgan fingerprint density at radius 1 is 1.45 bits per heavy atom. The molecule has 5 heteroatoms. The third-order valence-electron chi connectivity index (χ3n) is 3.62. The summed E-state index contributed by atoms with van der Waals surface area (Å²) >= 11 is 0. The van der Waals surface area contributed by atoms with Crippen LogP contribution in [-0.2, 0) is 4.74 Å². The normalized spacial score (nSPS) is 15.9. The number of nitrogens with two attached hydrogens (primary N) is 1. The summed E-state index contributed by atoms with van der Waals surface area (Å²) in [6.45, 7) is 3.89. The van der Waals surface area contributed by atoms with Gasteiger partial charge in [-0.3, -0.25) is 4.79 Å². The minimum absolute atomic E-state index is 0.00773. The maximum Gasteiger partial charge on any atom is 0.253 e. The van der Waals surface area contributed by atoms with Crippen LogP contribution in [0.15, 0.2) is 18.2 Å². The van der Waals surface area contributed by atoms with Crippen molar-refractivity contribution in [2.24, 2.45) is 0 Å². The van der Waals surface area contributed by atoms with Crippen molar-refractivity contribution in [3.63, 3.8) is 0 Å². The summed E-state index contributed by atoms with van der Waals surface area (Å²) in [4.78, 5) is 14.2. The van der Waals surface area contributed by atoms with E-state index in [1.165, 1.54) is 0 Å². The lowest BCUT2D eigenvalue weighted by Gasteiger charge is -2.31. The number of nitrogen functional groups attached to an aromatic ring is 1. The zero-order valence-electron chi connectivity index (χ0n) is 12.1. The minimum Gasteiger partial charge on any atom is -0.492 e. The van der Waals surface area contributed by atoms with E-state index < -0.39 is 0 Å². The van der Waals surface area contributed by atoms with Crippen LogP contribution in [0.5, 0.6) is 5.75 Å². The molecule has 110 valence electrons. The van der Waals surface area contributed by atoms with Gasteiger partial charge in [-0.25, -0.2) is 0 Å². The highest BCUT2D eigenvalue weighted by Gasteiger charge is 2.23. The molecule has 0 radical (unpaired) electrons. The number of anilines is 1.